The Morgan fingerprint density at radius 1 is 1.07 bits per heavy atom. The summed E-state index contributed by atoms with van der Waals surface area (Å²) in [6.07, 6.45) is 3.69. The molecule has 14 heavy (non-hydrogen) atoms. The summed E-state index contributed by atoms with van der Waals surface area (Å²) in [6, 6.07) is -0.130. The topological polar surface area (TPSA) is 20.3 Å². The van der Waals surface area contributed by atoms with Gasteiger partial charge in [-0.3, -0.25) is 9.69 Å². The average molecular weight is 195 g/mol. The summed E-state index contributed by atoms with van der Waals surface area (Å²) in [4.78, 5) is 13.7. The zero-order valence-electron chi connectivity index (χ0n) is 10.1. The second-order valence-electron chi connectivity index (χ2n) is 4.28. The van der Waals surface area contributed by atoms with Gasteiger partial charge in [-0.1, -0.05) is 17.2 Å². The first-order valence-electron chi connectivity index (χ1n) is 4.84. The minimum atomic E-state index is -0.130. The van der Waals surface area contributed by atoms with Crippen LogP contribution >= 0.6 is 0 Å². The Labute approximate surface area is 87.3 Å². The lowest BCUT2D eigenvalue weighted by Crippen LogP contribution is -2.33. The molecule has 0 amide bonds. The third kappa shape index (κ3) is 4.97. The maximum Gasteiger partial charge on any atom is 0.176 e. The van der Waals surface area contributed by atoms with Crippen LogP contribution in [-0.4, -0.2) is 30.8 Å². The molecule has 0 aliphatic rings. The van der Waals surface area contributed by atoms with E-state index in [-0.39, 0.29) is 11.8 Å². The fourth-order valence-electron chi connectivity index (χ4n) is 1.17. The number of ketones is 1. The van der Waals surface area contributed by atoms with Crippen molar-refractivity contribution < 1.29 is 4.79 Å². The fraction of sp³-hybridized carbons (Fsp3) is 0.583. The van der Waals surface area contributed by atoms with E-state index in [1.54, 1.807) is 6.08 Å². The van der Waals surface area contributed by atoms with Crippen molar-refractivity contribution in [3.8, 4) is 0 Å². The summed E-state index contributed by atoms with van der Waals surface area (Å²) in [7, 11) is 3.84. The van der Waals surface area contributed by atoms with E-state index in [2.05, 4.69) is 0 Å². The Bertz CT molecular complexity index is 253. The first-order chi connectivity index (χ1) is 6.34. The Morgan fingerprint density at radius 3 is 1.86 bits per heavy atom. The second-order valence-corrected chi connectivity index (χ2v) is 4.28. The van der Waals surface area contributed by atoms with E-state index in [0.717, 1.165) is 5.57 Å². The summed E-state index contributed by atoms with van der Waals surface area (Å²) in [5, 5.41) is 0. The van der Waals surface area contributed by atoms with E-state index in [0.29, 0.717) is 0 Å². The Hall–Kier alpha value is -0.890. The maximum absolute atomic E-state index is 11.8. The molecule has 80 valence electrons. The van der Waals surface area contributed by atoms with Gasteiger partial charge in [0.1, 0.15) is 0 Å². The maximum atomic E-state index is 11.8. The lowest BCUT2D eigenvalue weighted by Gasteiger charge is -2.18. The molecule has 0 saturated carbocycles. The summed E-state index contributed by atoms with van der Waals surface area (Å²) in [6.45, 7) is 7.89. The lowest BCUT2D eigenvalue weighted by atomic mass is 10.1. The van der Waals surface area contributed by atoms with Crippen LogP contribution in [0.3, 0.4) is 0 Å². The van der Waals surface area contributed by atoms with Gasteiger partial charge in [-0.25, -0.2) is 0 Å². The predicted octanol–water partition coefficient (Wildman–Crippen LogP) is 2.42. The molecule has 0 aliphatic carbocycles. The molecule has 0 fully saturated rings. The number of hydrogen-bond donors (Lipinski definition) is 0. The highest BCUT2D eigenvalue weighted by molar-refractivity contribution is 5.96. The van der Waals surface area contributed by atoms with Crippen LogP contribution < -0.4 is 0 Å². The quantitative estimate of drug-likeness (QED) is 0.507. The molecule has 0 aromatic heterocycles. The van der Waals surface area contributed by atoms with E-state index in [4.69, 9.17) is 0 Å². The number of allylic oxidation sites excluding steroid dienone is 2. The molecule has 0 aliphatic heterocycles. The number of carbonyl (C=O) groups is 1. The van der Waals surface area contributed by atoms with Crippen LogP contribution in [0.15, 0.2) is 23.3 Å². The average Bonchev–Trinajstić information content (AvgIpc) is 1.97. The van der Waals surface area contributed by atoms with Crippen molar-refractivity contribution in [2.45, 2.75) is 33.7 Å². The van der Waals surface area contributed by atoms with Crippen molar-refractivity contribution in [3.05, 3.63) is 23.3 Å². The van der Waals surface area contributed by atoms with Crippen LogP contribution in [0.1, 0.15) is 27.7 Å². The van der Waals surface area contributed by atoms with E-state index in [1.165, 1.54) is 5.57 Å². The lowest BCUT2D eigenvalue weighted by molar-refractivity contribution is -0.117. The SMILES string of the molecule is CC(C)=CC(=O)C(C=C(C)C)N(C)C. The number of likely N-dealkylation sites (N-methyl/N-ethyl adjacent to an activating group) is 1. The largest absolute Gasteiger partial charge is 0.296 e. The number of nitrogens with zero attached hydrogens (tertiary/aromatic N) is 1. The van der Waals surface area contributed by atoms with E-state index in [9.17, 15) is 4.79 Å². The van der Waals surface area contributed by atoms with Crippen LogP contribution in [0.2, 0.25) is 0 Å². The van der Waals surface area contributed by atoms with Crippen molar-refractivity contribution in [3.63, 3.8) is 0 Å². The molecule has 0 aromatic carbocycles. The zero-order valence-corrected chi connectivity index (χ0v) is 10.1. The highest BCUT2D eigenvalue weighted by Crippen LogP contribution is 2.04. The van der Waals surface area contributed by atoms with Crippen LogP contribution in [-0.2, 0) is 4.79 Å². The summed E-state index contributed by atoms with van der Waals surface area (Å²) in [5.41, 5.74) is 2.21. The van der Waals surface area contributed by atoms with Gasteiger partial charge >= 0.3 is 0 Å². The van der Waals surface area contributed by atoms with Gasteiger partial charge in [0.15, 0.2) is 5.78 Å². The molecule has 0 rings (SSSR count). The van der Waals surface area contributed by atoms with Crippen molar-refractivity contribution in [2.75, 3.05) is 14.1 Å². The van der Waals surface area contributed by atoms with Crippen LogP contribution in [0.25, 0.3) is 0 Å². The van der Waals surface area contributed by atoms with E-state index in [1.807, 2.05) is 52.8 Å². The Kier molecular flexibility index (Phi) is 5.39. The van der Waals surface area contributed by atoms with E-state index < -0.39 is 0 Å². The van der Waals surface area contributed by atoms with Gasteiger partial charge < -0.3 is 0 Å². The standard InChI is InChI=1S/C12H21NO/c1-9(2)7-11(13(5)6)12(14)8-10(3)4/h7-8,11H,1-6H3. The molecule has 2 heteroatoms. The van der Waals surface area contributed by atoms with Crippen LogP contribution in [0, 0.1) is 0 Å². The third-order valence-electron chi connectivity index (χ3n) is 1.77. The Balaban J connectivity index is 4.77. The predicted molar refractivity (Wildman–Crippen MR) is 61.3 cm³/mol. The molecule has 0 bridgehead atoms. The van der Waals surface area contributed by atoms with Gasteiger partial charge in [0.25, 0.3) is 0 Å². The van der Waals surface area contributed by atoms with Gasteiger partial charge in [0.05, 0.1) is 6.04 Å². The number of rotatable bonds is 4. The minimum Gasteiger partial charge on any atom is -0.296 e. The fourth-order valence-corrected chi connectivity index (χ4v) is 1.17. The van der Waals surface area contributed by atoms with Crippen LogP contribution in [0.5, 0.6) is 0 Å². The highest BCUT2D eigenvalue weighted by Gasteiger charge is 2.15. The molecular formula is C12H21NO. The molecule has 0 saturated heterocycles. The zero-order chi connectivity index (χ0) is 11.3. The number of hydrogen-bond acceptors (Lipinski definition) is 2. The normalized spacial score (nSPS) is 12.2. The molecule has 0 heterocycles. The monoisotopic (exact) mass is 195 g/mol. The number of carbonyl (C=O) groups excluding carboxylic acids is 1. The molecule has 2 nitrogen and oxygen atoms in total. The summed E-state index contributed by atoms with van der Waals surface area (Å²) >= 11 is 0. The first-order valence-corrected chi connectivity index (χ1v) is 4.84. The van der Waals surface area contributed by atoms with Gasteiger partial charge in [-0.05, 0) is 47.9 Å². The molecule has 0 radical (unpaired) electrons. The van der Waals surface area contributed by atoms with Gasteiger partial charge in [0, 0.05) is 0 Å². The first kappa shape index (κ1) is 13.1. The van der Waals surface area contributed by atoms with Gasteiger partial charge in [-0.15, -0.1) is 0 Å². The molecule has 0 aromatic rings. The smallest absolute Gasteiger partial charge is 0.176 e. The van der Waals surface area contributed by atoms with Crippen LogP contribution in [0.4, 0.5) is 0 Å². The van der Waals surface area contributed by atoms with E-state index >= 15 is 0 Å². The summed E-state index contributed by atoms with van der Waals surface area (Å²) in [5.74, 6) is 0.149. The van der Waals surface area contributed by atoms with Gasteiger partial charge in [0.2, 0.25) is 0 Å². The summed E-state index contributed by atoms with van der Waals surface area (Å²) < 4.78 is 0. The minimum absolute atomic E-state index is 0.130. The third-order valence-corrected chi connectivity index (χ3v) is 1.77. The van der Waals surface area contributed by atoms with Gasteiger partial charge in [-0.2, -0.15) is 0 Å². The molecule has 0 spiro atoms. The molecule has 0 N–H and O–H groups in total. The van der Waals surface area contributed by atoms with Crippen molar-refractivity contribution in [2.24, 2.45) is 0 Å². The van der Waals surface area contributed by atoms with Crippen molar-refractivity contribution in [1.82, 2.24) is 4.90 Å². The molecule has 1 unspecified atom stereocenters. The highest BCUT2D eigenvalue weighted by atomic mass is 16.1. The van der Waals surface area contributed by atoms with Crippen molar-refractivity contribution in [1.29, 1.82) is 0 Å². The Morgan fingerprint density at radius 2 is 1.57 bits per heavy atom. The van der Waals surface area contributed by atoms with Crippen molar-refractivity contribution >= 4 is 5.78 Å². The molecule has 1 atom stereocenters. The molecular weight excluding hydrogens is 174 g/mol. The second kappa shape index (κ2) is 5.76.